The minimum absolute atomic E-state index is 0.0227. The van der Waals surface area contributed by atoms with Gasteiger partial charge in [0.15, 0.2) is 0 Å². The lowest BCUT2D eigenvalue weighted by Crippen LogP contribution is -2.51. The van der Waals surface area contributed by atoms with Crippen LogP contribution in [0.3, 0.4) is 0 Å². The maximum Gasteiger partial charge on any atom is 0.410 e. The van der Waals surface area contributed by atoms with Crippen molar-refractivity contribution in [2.24, 2.45) is 0 Å². The van der Waals surface area contributed by atoms with Gasteiger partial charge in [0.2, 0.25) is 0 Å². The van der Waals surface area contributed by atoms with Crippen molar-refractivity contribution in [3.05, 3.63) is 20.8 Å². The minimum Gasteiger partial charge on any atom is -0.444 e. The van der Waals surface area contributed by atoms with E-state index in [1.807, 2.05) is 32.9 Å². The van der Waals surface area contributed by atoms with Gasteiger partial charge < -0.3 is 14.5 Å². The molecule has 2 heterocycles. The second kappa shape index (κ2) is 6.36. The molecular formula is C14H19BrN2O3S. The normalized spacial score (nSPS) is 16.0. The average Bonchev–Trinajstić information content (AvgIpc) is 2.83. The Morgan fingerprint density at radius 3 is 2.19 bits per heavy atom. The van der Waals surface area contributed by atoms with Crippen molar-refractivity contribution in [3.8, 4) is 0 Å². The number of hydrogen-bond acceptors (Lipinski definition) is 4. The van der Waals surface area contributed by atoms with Crippen LogP contribution in [0.1, 0.15) is 30.4 Å². The zero-order valence-corrected chi connectivity index (χ0v) is 14.8. The fourth-order valence-corrected chi connectivity index (χ4v) is 3.36. The van der Waals surface area contributed by atoms with Crippen molar-refractivity contribution in [2.75, 3.05) is 26.2 Å². The number of amides is 2. The Morgan fingerprint density at radius 1 is 1.14 bits per heavy atom. The maximum absolute atomic E-state index is 12.3. The van der Waals surface area contributed by atoms with Gasteiger partial charge in [0.1, 0.15) is 5.60 Å². The van der Waals surface area contributed by atoms with Gasteiger partial charge in [0.05, 0.1) is 8.66 Å². The fourth-order valence-electron chi connectivity index (χ4n) is 2.00. The predicted molar refractivity (Wildman–Crippen MR) is 85.7 cm³/mol. The number of ether oxygens (including phenoxy) is 1. The number of carbonyl (C=O) groups excluding carboxylic acids is 2. The molecule has 1 aliphatic rings. The molecule has 116 valence electrons. The Morgan fingerprint density at radius 2 is 1.71 bits per heavy atom. The van der Waals surface area contributed by atoms with Crippen molar-refractivity contribution in [2.45, 2.75) is 26.4 Å². The number of piperazine rings is 1. The molecule has 7 heteroatoms. The van der Waals surface area contributed by atoms with Crippen molar-refractivity contribution >= 4 is 39.3 Å². The van der Waals surface area contributed by atoms with E-state index in [9.17, 15) is 9.59 Å². The highest BCUT2D eigenvalue weighted by atomic mass is 79.9. The molecule has 5 nitrogen and oxygen atoms in total. The largest absolute Gasteiger partial charge is 0.444 e. The predicted octanol–water partition coefficient (Wildman–Crippen LogP) is 3.20. The molecule has 0 atom stereocenters. The van der Waals surface area contributed by atoms with Crippen LogP contribution in [0.5, 0.6) is 0 Å². The van der Waals surface area contributed by atoms with Gasteiger partial charge in [0.25, 0.3) is 5.91 Å². The Bertz CT molecular complexity index is 531. The molecule has 1 saturated heterocycles. The summed E-state index contributed by atoms with van der Waals surface area (Å²) in [7, 11) is 0. The minimum atomic E-state index is -0.493. The first kappa shape index (κ1) is 16.3. The second-order valence-electron chi connectivity index (χ2n) is 5.86. The lowest BCUT2D eigenvalue weighted by atomic mass is 10.2. The molecule has 0 unspecified atom stereocenters. The number of rotatable bonds is 1. The van der Waals surface area contributed by atoms with Gasteiger partial charge in [-0.25, -0.2) is 4.79 Å². The van der Waals surface area contributed by atoms with Gasteiger partial charge in [0, 0.05) is 26.2 Å². The quantitative estimate of drug-likeness (QED) is 0.758. The van der Waals surface area contributed by atoms with E-state index < -0.39 is 5.60 Å². The van der Waals surface area contributed by atoms with Crippen molar-refractivity contribution in [1.29, 1.82) is 0 Å². The van der Waals surface area contributed by atoms with Gasteiger partial charge in [-0.3, -0.25) is 4.79 Å². The van der Waals surface area contributed by atoms with E-state index in [0.29, 0.717) is 31.1 Å². The van der Waals surface area contributed by atoms with Gasteiger partial charge in [-0.05, 0) is 48.8 Å². The Kier molecular flexibility index (Phi) is 4.93. The highest BCUT2D eigenvalue weighted by molar-refractivity contribution is 9.11. The summed E-state index contributed by atoms with van der Waals surface area (Å²) in [5.41, 5.74) is -0.493. The summed E-state index contributed by atoms with van der Waals surface area (Å²) < 4.78 is 6.28. The molecule has 1 aromatic heterocycles. The van der Waals surface area contributed by atoms with Gasteiger partial charge >= 0.3 is 6.09 Å². The molecule has 2 amide bonds. The summed E-state index contributed by atoms with van der Waals surface area (Å²) in [6, 6.07) is 3.69. The van der Waals surface area contributed by atoms with Crippen LogP contribution in [0.2, 0.25) is 0 Å². The maximum atomic E-state index is 12.3. The number of halogens is 1. The molecule has 0 saturated carbocycles. The number of nitrogens with zero attached hydrogens (tertiary/aromatic N) is 2. The highest BCUT2D eigenvalue weighted by Gasteiger charge is 2.28. The van der Waals surface area contributed by atoms with Crippen LogP contribution in [-0.2, 0) is 4.74 Å². The summed E-state index contributed by atoms with van der Waals surface area (Å²) >= 11 is 4.78. The van der Waals surface area contributed by atoms with Gasteiger partial charge in [-0.1, -0.05) is 0 Å². The Hall–Kier alpha value is -1.08. The Labute approximate surface area is 137 Å². The monoisotopic (exact) mass is 374 g/mol. The molecule has 0 aromatic carbocycles. The number of carbonyl (C=O) groups is 2. The molecule has 0 bridgehead atoms. The summed E-state index contributed by atoms with van der Waals surface area (Å²) in [5, 5.41) is 0. The molecule has 21 heavy (non-hydrogen) atoms. The lowest BCUT2D eigenvalue weighted by molar-refractivity contribution is 0.0141. The Balaban J connectivity index is 1.88. The van der Waals surface area contributed by atoms with Crippen LogP contribution in [0.25, 0.3) is 0 Å². The van der Waals surface area contributed by atoms with E-state index >= 15 is 0 Å². The molecular weight excluding hydrogens is 356 g/mol. The topological polar surface area (TPSA) is 49.9 Å². The first-order valence-electron chi connectivity index (χ1n) is 6.79. The third-order valence-corrected chi connectivity index (χ3v) is 4.61. The summed E-state index contributed by atoms with van der Waals surface area (Å²) in [5.74, 6) is 0.0227. The summed E-state index contributed by atoms with van der Waals surface area (Å²) in [6.07, 6.45) is -0.312. The highest BCUT2D eigenvalue weighted by Crippen LogP contribution is 2.23. The van der Waals surface area contributed by atoms with E-state index in [4.69, 9.17) is 4.74 Å². The zero-order valence-electron chi connectivity index (χ0n) is 12.4. The van der Waals surface area contributed by atoms with E-state index in [-0.39, 0.29) is 12.0 Å². The van der Waals surface area contributed by atoms with Crippen LogP contribution in [0.15, 0.2) is 15.9 Å². The number of hydrogen-bond donors (Lipinski definition) is 0. The molecule has 0 aliphatic carbocycles. The van der Waals surface area contributed by atoms with E-state index in [0.717, 1.165) is 3.79 Å². The molecule has 0 spiro atoms. The standard InChI is InChI=1S/C14H19BrN2O3S/c1-14(2,3)20-13(19)17-8-6-16(7-9-17)12(18)10-4-5-11(15)21-10/h4-5H,6-9H2,1-3H3. The van der Waals surface area contributed by atoms with Crippen LogP contribution >= 0.6 is 27.3 Å². The second-order valence-corrected chi connectivity index (χ2v) is 8.33. The molecule has 1 aliphatic heterocycles. The molecule has 0 N–H and O–H groups in total. The smallest absolute Gasteiger partial charge is 0.410 e. The van der Waals surface area contributed by atoms with Crippen molar-refractivity contribution in [3.63, 3.8) is 0 Å². The third-order valence-electron chi connectivity index (χ3n) is 3.00. The summed E-state index contributed by atoms with van der Waals surface area (Å²) in [6.45, 7) is 7.62. The van der Waals surface area contributed by atoms with Gasteiger partial charge in [-0.2, -0.15) is 0 Å². The summed E-state index contributed by atoms with van der Waals surface area (Å²) in [4.78, 5) is 28.4. The molecule has 0 radical (unpaired) electrons. The van der Waals surface area contributed by atoms with Crippen LogP contribution in [0, 0.1) is 0 Å². The molecule has 1 fully saturated rings. The average molecular weight is 375 g/mol. The van der Waals surface area contributed by atoms with E-state index in [2.05, 4.69) is 15.9 Å². The molecule has 2 rings (SSSR count). The third kappa shape index (κ3) is 4.44. The lowest BCUT2D eigenvalue weighted by Gasteiger charge is -2.35. The van der Waals surface area contributed by atoms with Crippen LogP contribution < -0.4 is 0 Å². The number of thiophene rings is 1. The van der Waals surface area contributed by atoms with Crippen LogP contribution in [0.4, 0.5) is 4.79 Å². The van der Waals surface area contributed by atoms with Gasteiger partial charge in [-0.15, -0.1) is 11.3 Å². The first-order valence-corrected chi connectivity index (χ1v) is 8.40. The van der Waals surface area contributed by atoms with E-state index in [1.165, 1.54) is 11.3 Å². The fraction of sp³-hybridized carbons (Fsp3) is 0.571. The first-order chi connectivity index (χ1) is 9.76. The SMILES string of the molecule is CC(C)(C)OC(=O)N1CCN(C(=O)c2ccc(Br)s2)CC1. The van der Waals surface area contributed by atoms with E-state index in [1.54, 1.807) is 9.80 Å². The van der Waals surface area contributed by atoms with Crippen molar-refractivity contribution in [1.82, 2.24) is 9.80 Å². The van der Waals surface area contributed by atoms with Crippen LogP contribution in [-0.4, -0.2) is 53.6 Å². The molecule has 1 aromatic rings. The van der Waals surface area contributed by atoms with Crippen molar-refractivity contribution < 1.29 is 14.3 Å². The zero-order chi connectivity index (χ0) is 15.6.